The Morgan fingerprint density at radius 3 is 2.45 bits per heavy atom. The molecule has 0 N–H and O–H groups in total. The smallest absolute Gasteiger partial charge is 0.278 e. The third-order valence-corrected chi connectivity index (χ3v) is 5.58. The summed E-state index contributed by atoms with van der Waals surface area (Å²) in [6.45, 7) is 19.3. The fraction of sp³-hybridized carbons (Fsp3) is 0.444. The number of hydrogen-bond donors (Lipinski definition) is 0. The lowest BCUT2D eigenvalue weighted by Gasteiger charge is -2.43. The first-order chi connectivity index (χ1) is 15.5. The third kappa shape index (κ3) is 6.45. The van der Waals surface area contributed by atoms with E-state index in [4.69, 9.17) is 4.74 Å². The lowest BCUT2D eigenvalue weighted by Crippen LogP contribution is -2.51. The Labute approximate surface area is 197 Å². The average molecular weight is 454 g/mol. The SMILES string of the molecule is C=CN=C(C)C(/C(=C\C)c1ccccc1F)=C(\C)N1CCN(C(=C=O)OC(C)(C)C)C(C)C1. The van der Waals surface area contributed by atoms with Crippen molar-refractivity contribution in [3.05, 3.63) is 71.7 Å². The van der Waals surface area contributed by atoms with Crippen molar-refractivity contribution in [3.8, 4) is 0 Å². The standard InChI is InChI=1S/C27H36FN3O2/c1-9-22(23-13-11-12-14-24(23)28)26(20(4)29-10-2)21(5)30-15-16-31(19(3)17-30)25(18-32)33-27(6,7)8/h9-14,19H,2,15-17H2,1,3-8H3/b22-9-,26-21-,29-20?. The molecule has 1 atom stereocenters. The first kappa shape index (κ1) is 26.1. The Balaban J connectivity index is 2.45. The second-order valence-corrected chi connectivity index (χ2v) is 9.15. The number of ether oxygens (including phenoxy) is 1. The van der Waals surface area contributed by atoms with E-state index >= 15 is 0 Å². The third-order valence-electron chi connectivity index (χ3n) is 5.58. The van der Waals surface area contributed by atoms with Gasteiger partial charge in [-0.15, -0.1) is 0 Å². The minimum absolute atomic E-state index is 0.0212. The molecule has 0 amide bonds. The van der Waals surface area contributed by atoms with E-state index in [1.807, 2.05) is 64.5 Å². The van der Waals surface area contributed by atoms with Crippen LogP contribution in [-0.4, -0.2) is 52.7 Å². The van der Waals surface area contributed by atoms with Gasteiger partial charge in [0.05, 0.1) is 0 Å². The Morgan fingerprint density at radius 1 is 1.27 bits per heavy atom. The van der Waals surface area contributed by atoms with Gasteiger partial charge in [0.25, 0.3) is 5.88 Å². The summed E-state index contributed by atoms with van der Waals surface area (Å²) in [5.41, 5.74) is 3.47. The molecule has 1 saturated heterocycles. The largest absolute Gasteiger partial charge is 0.465 e. The van der Waals surface area contributed by atoms with E-state index in [1.54, 1.807) is 12.1 Å². The van der Waals surface area contributed by atoms with Crippen molar-refractivity contribution in [2.24, 2.45) is 4.99 Å². The zero-order chi connectivity index (χ0) is 24.8. The monoisotopic (exact) mass is 453 g/mol. The van der Waals surface area contributed by atoms with E-state index in [1.165, 1.54) is 12.3 Å². The fourth-order valence-electron chi connectivity index (χ4n) is 4.12. The van der Waals surface area contributed by atoms with Crippen LogP contribution in [-0.2, 0) is 9.53 Å². The predicted molar refractivity (Wildman–Crippen MR) is 134 cm³/mol. The average Bonchev–Trinajstić information content (AvgIpc) is 2.75. The molecular weight excluding hydrogens is 417 g/mol. The highest BCUT2D eigenvalue weighted by Crippen LogP contribution is 2.31. The number of nitrogens with zero attached hydrogens (tertiary/aromatic N) is 3. The molecule has 0 spiro atoms. The first-order valence-electron chi connectivity index (χ1n) is 11.3. The van der Waals surface area contributed by atoms with E-state index in [-0.39, 0.29) is 17.7 Å². The van der Waals surface area contributed by atoms with Gasteiger partial charge in [0.15, 0.2) is 5.94 Å². The summed E-state index contributed by atoms with van der Waals surface area (Å²) in [5, 5.41) is 0. The van der Waals surface area contributed by atoms with Crippen LogP contribution in [0.5, 0.6) is 0 Å². The molecule has 5 nitrogen and oxygen atoms in total. The highest BCUT2D eigenvalue weighted by Gasteiger charge is 2.30. The lowest BCUT2D eigenvalue weighted by molar-refractivity contribution is -0.0196. The van der Waals surface area contributed by atoms with Gasteiger partial charge in [-0.2, -0.15) is 0 Å². The number of hydrogen-bond acceptors (Lipinski definition) is 5. The van der Waals surface area contributed by atoms with E-state index in [9.17, 15) is 9.18 Å². The van der Waals surface area contributed by atoms with E-state index in [0.29, 0.717) is 25.2 Å². The summed E-state index contributed by atoms with van der Waals surface area (Å²) in [6, 6.07) is 6.79. The molecule has 1 aromatic rings. The molecule has 0 aromatic heterocycles. The minimum atomic E-state index is -0.481. The van der Waals surface area contributed by atoms with Crippen LogP contribution in [0.25, 0.3) is 5.57 Å². The summed E-state index contributed by atoms with van der Waals surface area (Å²) >= 11 is 0. The minimum Gasteiger partial charge on any atom is -0.465 e. The van der Waals surface area contributed by atoms with Crippen molar-refractivity contribution in [2.75, 3.05) is 19.6 Å². The fourth-order valence-corrected chi connectivity index (χ4v) is 4.12. The maximum Gasteiger partial charge on any atom is 0.278 e. The van der Waals surface area contributed by atoms with Crippen LogP contribution >= 0.6 is 0 Å². The molecule has 1 fully saturated rings. The van der Waals surface area contributed by atoms with Gasteiger partial charge in [-0.1, -0.05) is 30.9 Å². The van der Waals surface area contributed by atoms with E-state index in [0.717, 1.165) is 22.6 Å². The van der Waals surface area contributed by atoms with Crippen LogP contribution in [0.4, 0.5) is 4.39 Å². The van der Waals surface area contributed by atoms with Crippen LogP contribution in [0.1, 0.15) is 54.0 Å². The molecule has 1 unspecified atom stereocenters. The zero-order valence-corrected chi connectivity index (χ0v) is 20.9. The normalized spacial score (nSPS) is 18.5. The Kier molecular flexibility index (Phi) is 8.84. The van der Waals surface area contributed by atoms with Crippen molar-refractivity contribution < 1.29 is 13.9 Å². The van der Waals surface area contributed by atoms with Crippen LogP contribution in [0.2, 0.25) is 0 Å². The van der Waals surface area contributed by atoms with Crippen LogP contribution in [0, 0.1) is 5.82 Å². The molecule has 1 aromatic carbocycles. The van der Waals surface area contributed by atoms with Crippen LogP contribution in [0.3, 0.4) is 0 Å². The van der Waals surface area contributed by atoms with Crippen LogP contribution in [0.15, 0.2) is 65.3 Å². The molecule has 33 heavy (non-hydrogen) atoms. The van der Waals surface area contributed by atoms with Crippen molar-refractivity contribution in [1.82, 2.24) is 9.80 Å². The number of aliphatic imine (C=N–C) groups is 1. The maximum atomic E-state index is 14.7. The molecule has 1 heterocycles. The quantitative estimate of drug-likeness (QED) is 0.233. The topological polar surface area (TPSA) is 45.1 Å². The summed E-state index contributed by atoms with van der Waals surface area (Å²) in [6.07, 6.45) is 3.42. The van der Waals surface area contributed by atoms with Gasteiger partial charge >= 0.3 is 0 Å². The lowest BCUT2D eigenvalue weighted by atomic mass is 9.92. The second-order valence-electron chi connectivity index (χ2n) is 9.15. The summed E-state index contributed by atoms with van der Waals surface area (Å²) in [4.78, 5) is 20.2. The van der Waals surface area contributed by atoms with Gasteiger partial charge in [-0.3, -0.25) is 4.99 Å². The molecule has 2 rings (SSSR count). The van der Waals surface area contributed by atoms with E-state index in [2.05, 4.69) is 23.4 Å². The molecule has 0 saturated carbocycles. The van der Waals surface area contributed by atoms with Crippen molar-refractivity contribution in [1.29, 1.82) is 0 Å². The van der Waals surface area contributed by atoms with Crippen molar-refractivity contribution in [3.63, 3.8) is 0 Å². The van der Waals surface area contributed by atoms with E-state index < -0.39 is 5.60 Å². The van der Waals surface area contributed by atoms with Gasteiger partial charge in [0, 0.05) is 54.4 Å². The molecule has 1 aliphatic heterocycles. The number of allylic oxidation sites excluding steroid dienone is 4. The number of piperazine rings is 1. The number of halogens is 1. The molecule has 6 heteroatoms. The highest BCUT2D eigenvalue weighted by molar-refractivity contribution is 6.12. The molecule has 178 valence electrons. The number of carbonyl (C=O) groups excluding carboxylic acids is 1. The Hall–Kier alpha value is -3.11. The Morgan fingerprint density at radius 2 is 1.94 bits per heavy atom. The summed E-state index contributed by atoms with van der Waals surface area (Å²) in [5.74, 6) is 1.93. The van der Waals surface area contributed by atoms with Gasteiger partial charge in [-0.05, 0) is 60.1 Å². The van der Waals surface area contributed by atoms with Gasteiger partial charge in [0.1, 0.15) is 11.4 Å². The zero-order valence-electron chi connectivity index (χ0n) is 20.9. The summed E-state index contributed by atoms with van der Waals surface area (Å²) in [7, 11) is 0. The molecule has 0 aliphatic carbocycles. The molecular formula is C27H36FN3O2. The van der Waals surface area contributed by atoms with Gasteiger partial charge < -0.3 is 14.5 Å². The van der Waals surface area contributed by atoms with Crippen molar-refractivity contribution >= 4 is 17.2 Å². The predicted octanol–water partition coefficient (Wildman–Crippen LogP) is 5.60. The van der Waals surface area contributed by atoms with Gasteiger partial charge in [-0.25, -0.2) is 9.18 Å². The van der Waals surface area contributed by atoms with Crippen LogP contribution < -0.4 is 0 Å². The Bertz CT molecular complexity index is 1010. The molecule has 0 bridgehead atoms. The first-order valence-corrected chi connectivity index (χ1v) is 11.3. The second kappa shape index (κ2) is 11.2. The molecule has 1 aliphatic rings. The summed E-state index contributed by atoms with van der Waals surface area (Å²) < 4.78 is 20.6. The number of benzene rings is 1. The molecule has 0 radical (unpaired) electrons. The number of rotatable bonds is 7. The van der Waals surface area contributed by atoms with Gasteiger partial charge in [0.2, 0.25) is 0 Å². The van der Waals surface area contributed by atoms with Crippen molar-refractivity contribution in [2.45, 2.75) is 60.1 Å². The highest BCUT2D eigenvalue weighted by atomic mass is 19.1. The maximum absolute atomic E-state index is 14.7.